The van der Waals surface area contributed by atoms with E-state index in [1.54, 1.807) is 0 Å². The average Bonchev–Trinajstić information content (AvgIpc) is 3.11. The number of benzene rings is 1. The molecule has 0 heterocycles. The van der Waals surface area contributed by atoms with Gasteiger partial charge in [0.1, 0.15) is 0 Å². The van der Waals surface area contributed by atoms with Crippen LogP contribution >= 0.6 is 23.4 Å². The predicted octanol–water partition coefficient (Wildman–Crippen LogP) is 4.28. The molecule has 1 aromatic carbocycles. The Morgan fingerprint density at radius 3 is 2.76 bits per heavy atom. The molecule has 1 aliphatic carbocycles. The van der Waals surface area contributed by atoms with Crippen LogP contribution in [0.15, 0.2) is 24.3 Å². The van der Waals surface area contributed by atoms with Crippen LogP contribution in [0.1, 0.15) is 37.8 Å². The summed E-state index contributed by atoms with van der Waals surface area (Å²) in [6.45, 7) is 3.33. The van der Waals surface area contributed by atoms with Crippen molar-refractivity contribution in [1.82, 2.24) is 5.32 Å². The minimum Gasteiger partial charge on any atom is -0.309 e. The molecule has 1 aliphatic rings. The molecular weight excluding hydrogens is 250 g/mol. The summed E-state index contributed by atoms with van der Waals surface area (Å²) in [5.74, 6) is 0. The van der Waals surface area contributed by atoms with E-state index in [1.807, 2.05) is 23.9 Å². The summed E-state index contributed by atoms with van der Waals surface area (Å²) < 4.78 is 0.520. The molecular formula is C14H20ClNS. The summed E-state index contributed by atoms with van der Waals surface area (Å²) in [4.78, 5) is 0. The Morgan fingerprint density at radius 1 is 1.47 bits per heavy atom. The van der Waals surface area contributed by atoms with Crippen molar-refractivity contribution < 1.29 is 0 Å². The fourth-order valence-electron chi connectivity index (χ4n) is 2.12. The van der Waals surface area contributed by atoms with E-state index in [-0.39, 0.29) is 0 Å². The first kappa shape index (κ1) is 13.3. The number of nitrogens with one attached hydrogen (secondary N) is 1. The molecule has 0 spiro atoms. The van der Waals surface area contributed by atoms with Crippen LogP contribution in [0, 0.1) is 0 Å². The van der Waals surface area contributed by atoms with Crippen LogP contribution in [-0.4, -0.2) is 17.5 Å². The van der Waals surface area contributed by atoms with Crippen LogP contribution in [0.4, 0.5) is 0 Å². The van der Waals surface area contributed by atoms with E-state index >= 15 is 0 Å². The molecule has 1 fully saturated rings. The molecule has 0 amide bonds. The van der Waals surface area contributed by atoms with Crippen molar-refractivity contribution in [2.24, 2.45) is 0 Å². The van der Waals surface area contributed by atoms with Crippen molar-refractivity contribution in [1.29, 1.82) is 0 Å². The van der Waals surface area contributed by atoms with Gasteiger partial charge in [-0.25, -0.2) is 0 Å². The van der Waals surface area contributed by atoms with E-state index in [2.05, 4.69) is 30.6 Å². The van der Waals surface area contributed by atoms with Crippen LogP contribution in [0.2, 0.25) is 5.02 Å². The summed E-state index contributed by atoms with van der Waals surface area (Å²) in [6.07, 6.45) is 6.03. The maximum absolute atomic E-state index is 6.04. The zero-order chi connectivity index (χ0) is 12.3. The molecule has 1 nitrogen and oxygen atoms in total. The third kappa shape index (κ3) is 3.40. The molecule has 3 heteroatoms. The molecule has 1 N–H and O–H groups in total. The van der Waals surface area contributed by atoms with Gasteiger partial charge in [-0.1, -0.05) is 30.7 Å². The highest BCUT2D eigenvalue weighted by molar-refractivity contribution is 8.00. The Morgan fingerprint density at radius 2 is 2.24 bits per heavy atom. The van der Waals surface area contributed by atoms with Gasteiger partial charge in [-0.2, -0.15) is 11.8 Å². The molecule has 1 aromatic rings. The highest BCUT2D eigenvalue weighted by Gasteiger charge is 2.41. The molecule has 0 aromatic heterocycles. The first-order valence-electron chi connectivity index (χ1n) is 6.23. The molecule has 0 saturated heterocycles. The third-order valence-corrected chi connectivity index (χ3v) is 5.22. The zero-order valence-corrected chi connectivity index (χ0v) is 12.1. The van der Waals surface area contributed by atoms with Gasteiger partial charge in [-0.3, -0.25) is 0 Å². The summed E-state index contributed by atoms with van der Waals surface area (Å²) in [7, 11) is 0. The maximum Gasteiger partial charge on any atom is 0.0409 e. The van der Waals surface area contributed by atoms with Crippen molar-refractivity contribution in [2.75, 3.05) is 12.8 Å². The van der Waals surface area contributed by atoms with Crippen molar-refractivity contribution in [3.63, 3.8) is 0 Å². The van der Waals surface area contributed by atoms with Crippen LogP contribution < -0.4 is 5.32 Å². The Balaban J connectivity index is 1.97. The van der Waals surface area contributed by atoms with E-state index in [4.69, 9.17) is 11.6 Å². The lowest BCUT2D eigenvalue weighted by Crippen LogP contribution is -2.29. The van der Waals surface area contributed by atoms with Crippen LogP contribution in [0.25, 0.3) is 0 Å². The molecule has 17 heavy (non-hydrogen) atoms. The van der Waals surface area contributed by atoms with Crippen molar-refractivity contribution >= 4 is 23.4 Å². The molecule has 1 unspecified atom stereocenters. The molecule has 94 valence electrons. The highest BCUT2D eigenvalue weighted by atomic mass is 35.5. The van der Waals surface area contributed by atoms with E-state index < -0.39 is 0 Å². The Hall–Kier alpha value is -0.180. The van der Waals surface area contributed by atoms with Gasteiger partial charge in [0.05, 0.1) is 0 Å². The second kappa shape index (κ2) is 5.64. The second-order valence-corrected chi connectivity index (χ2v) is 6.49. The molecule has 2 rings (SSSR count). The minimum atomic E-state index is 0.429. The van der Waals surface area contributed by atoms with Gasteiger partial charge in [0.15, 0.2) is 0 Å². The molecule has 1 saturated carbocycles. The minimum absolute atomic E-state index is 0.429. The van der Waals surface area contributed by atoms with Gasteiger partial charge in [-0.15, -0.1) is 0 Å². The summed E-state index contributed by atoms with van der Waals surface area (Å²) in [5.41, 5.74) is 1.30. The summed E-state index contributed by atoms with van der Waals surface area (Å²) in [6, 6.07) is 8.62. The number of hydrogen-bond donors (Lipinski definition) is 1. The van der Waals surface area contributed by atoms with Gasteiger partial charge in [0, 0.05) is 22.4 Å². The van der Waals surface area contributed by atoms with Gasteiger partial charge >= 0.3 is 0 Å². The van der Waals surface area contributed by atoms with E-state index in [0.29, 0.717) is 10.8 Å². The van der Waals surface area contributed by atoms with Crippen molar-refractivity contribution in [3.05, 3.63) is 34.9 Å². The number of thioether (sulfide) groups is 1. The van der Waals surface area contributed by atoms with E-state index in [0.717, 1.165) is 18.0 Å². The average molecular weight is 270 g/mol. The summed E-state index contributed by atoms with van der Waals surface area (Å²) >= 11 is 8.04. The van der Waals surface area contributed by atoms with E-state index in [9.17, 15) is 0 Å². The van der Waals surface area contributed by atoms with Crippen LogP contribution in [-0.2, 0) is 0 Å². The second-order valence-electron chi connectivity index (χ2n) is 4.78. The quantitative estimate of drug-likeness (QED) is 0.827. The number of halogens is 1. The van der Waals surface area contributed by atoms with Crippen molar-refractivity contribution in [2.45, 2.75) is 37.0 Å². The molecule has 1 atom stereocenters. The smallest absolute Gasteiger partial charge is 0.0409 e. The monoisotopic (exact) mass is 269 g/mol. The molecule has 0 radical (unpaired) electrons. The number of hydrogen-bond acceptors (Lipinski definition) is 2. The first-order chi connectivity index (χ1) is 8.19. The highest BCUT2D eigenvalue weighted by Crippen LogP contribution is 2.46. The molecule has 0 aliphatic heterocycles. The topological polar surface area (TPSA) is 12.0 Å². The Kier molecular flexibility index (Phi) is 4.40. The normalized spacial score (nSPS) is 19.0. The SMILES string of the molecule is CCC(NCC1(SC)CC1)c1cccc(Cl)c1. The largest absolute Gasteiger partial charge is 0.309 e. The Bertz CT molecular complexity index is 376. The van der Waals surface area contributed by atoms with E-state index in [1.165, 1.54) is 18.4 Å². The van der Waals surface area contributed by atoms with Crippen LogP contribution in [0.3, 0.4) is 0 Å². The lowest BCUT2D eigenvalue weighted by atomic mass is 10.0. The molecule has 0 bridgehead atoms. The lowest BCUT2D eigenvalue weighted by Gasteiger charge is -2.21. The predicted molar refractivity (Wildman–Crippen MR) is 78.0 cm³/mol. The lowest BCUT2D eigenvalue weighted by molar-refractivity contribution is 0.513. The summed E-state index contributed by atoms with van der Waals surface area (Å²) in [5, 5.41) is 4.51. The zero-order valence-electron chi connectivity index (χ0n) is 10.5. The maximum atomic E-state index is 6.04. The fourth-order valence-corrected chi connectivity index (χ4v) is 3.06. The standard InChI is InChI=1S/C14H20ClNS/c1-3-13(11-5-4-6-12(15)9-11)16-10-14(17-2)7-8-14/h4-6,9,13,16H,3,7-8,10H2,1-2H3. The van der Waals surface area contributed by atoms with Gasteiger partial charge in [0.2, 0.25) is 0 Å². The fraction of sp³-hybridized carbons (Fsp3) is 0.571. The number of rotatable bonds is 6. The van der Waals surface area contributed by atoms with Gasteiger partial charge < -0.3 is 5.32 Å². The van der Waals surface area contributed by atoms with Crippen molar-refractivity contribution in [3.8, 4) is 0 Å². The van der Waals surface area contributed by atoms with Crippen LogP contribution in [0.5, 0.6) is 0 Å². The third-order valence-electron chi connectivity index (χ3n) is 3.57. The van der Waals surface area contributed by atoms with Gasteiger partial charge in [-0.05, 0) is 43.2 Å². The van der Waals surface area contributed by atoms with Gasteiger partial charge in [0.25, 0.3) is 0 Å². The Labute approximate surface area is 113 Å². The first-order valence-corrected chi connectivity index (χ1v) is 7.83.